The molecule has 0 spiro atoms. The topological polar surface area (TPSA) is 55.5 Å². The van der Waals surface area contributed by atoms with Crippen LogP contribution in [0.25, 0.3) is 0 Å². The minimum Gasteiger partial charge on any atom is -0.391 e. The first-order chi connectivity index (χ1) is 8.38. The molecule has 1 saturated carbocycles. The van der Waals surface area contributed by atoms with E-state index in [4.69, 9.17) is 10.5 Å². The van der Waals surface area contributed by atoms with E-state index in [1.807, 2.05) is 6.92 Å². The lowest BCUT2D eigenvalue weighted by atomic mass is 9.75. The maximum absolute atomic E-state index is 9.61. The zero-order valence-corrected chi connectivity index (χ0v) is 12.5. The molecule has 1 rings (SSSR count). The largest absolute Gasteiger partial charge is 0.391 e. The highest BCUT2D eigenvalue weighted by Gasteiger charge is 2.38. The van der Waals surface area contributed by atoms with Gasteiger partial charge in [-0.15, -0.1) is 0 Å². The highest BCUT2D eigenvalue weighted by atomic mass is 16.5. The van der Waals surface area contributed by atoms with E-state index < -0.39 is 6.10 Å². The highest BCUT2D eigenvalue weighted by Crippen LogP contribution is 2.38. The molecular formula is C15H31NO2. The summed E-state index contributed by atoms with van der Waals surface area (Å²) in [5.74, 6) is 1.46. The summed E-state index contributed by atoms with van der Waals surface area (Å²) >= 11 is 0. The van der Waals surface area contributed by atoms with Crippen LogP contribution in [0.4, 0.5) is 0 Å². The second-order valence-corrected chi connectivity index (χ2v) is 6.54. The molecule has 0 amide bonds. The van der Waals surface area contributed by atoms with Gasteiger partial charge in [-0.3, -0.25) is 0 Å². The zero-order chi connectivity index (χ0) is 13.8. The van der Waals surface area contributed by atoms with Crippen LogP contribution >= 0.6 is 0 Å². The Balaban J connectivity index is 2.62. The first-order valence-electron chi connectivity index (χ1n) is 7.44. The molecule has 3 N–H and O–H groups in total. The Morgan fingerprint density at radius 3 is 2.50 bits per heavy atom. The van der Waals surface area contributed by atoms with Crippen molar-refractivity contribution in [2.75, 3.05) is 6.54 Å². The second-order valence-electron chi connectivity index (χ2n) is 6.54. The molecule has 18 heavy (non-hydrogen) atoms. The Morgan fingerprint density at radius 1 is 1.33 bits per heavy atom. The molecule has 0 aromatic carbocycles. The molecular weight excluding hydrogens is 226 g/mol. The minimum absolute atomic E-state index is 0.133. The number of rotatable bonds is 6. The monoisotopic (exact) mass is 257 g/mol. The van der Waals surface area contributed by atoms with Gasteiger partial charge < -0.3 is 15.6 Å². The molecule has 3 nitrogen and oxygen atoms in total. The summed E-state index contributed by atoms with van der Waals surface area (Å²) in [6, 6.07) is 0. The van der Waals surface area contributed by atoms with Gasteiger partial charge in [0.1, 0.15) is 0 Å². The standard InChI is InChI=1S/C15H31NO2/c1-11(2)8-14-6-5-7-15(9-14,10-16)18-13(4)12(3)17/h11-14,17H,5-10,16H2,1-4H3. The third-order valence-corrected chi connectivity index (χ3v) is 4.20. The fourth-order valence-electron chi connectivity index (χ4n) is 3.14. The summed E-state index contributed by atoms with van der Waals surface area (Å²) in [6.07, 6.45) is 5.28. The van der Waals surface area contributed by atoms with Crippen LogP contribution in [-0.2, 0) is 4.74 Å². The zero-order valence-electron chi connectivity index (χ0n) is 12.5. The Bertz CT molecular complexity index is 243. The normalized spacial score (nSPS) is 32.5. The molecule has 0 bridgehead atoms. The Morgan fingerprint density at radius 2 is 2.00 bits per heavy atom. The SMILES string of the molecule is CC(C)CC1CCCC(CN)(OC(C)C(C)O)C1. The minimum atomic E-state index is -0.432. The third-order valence-electron chi connectivity index (χ3n) is 4.20. The van der Waals surface area contributed by atoms with Gasteiger partial charge in [0, 0.05) is 6.54 Å². The molecule has 0 heterocycles. The first-order valence-corrected chi connectivity index (χ1v) is 7.44. The van der Waals surface area contributed by atoms with E-state index in [0.717, 1.165) is 24.7 Å². The molecule has 0 aliphatic heterocycles. The number of nitrogens with two attached hydrogens (primary N) is 1. The van der Waals surface area contributed by atoms with E-state index >= 15 is 0 Å². The quantitative estimate of drug-likeness (QED) is 0.769. The molecule has 0 saturated heterocycles. The number of hydrogen-bond acceptors (Lipinski definition) is 3. The van der Waals surface area contributed by atoms with E-state index in [1.165, 1.54) is 19.3 Å². The number of aliphatic hydroxyl groups is 1. The van der Waals surface area contributed by atoms with Crippen LogP contribution in [0.15, 0.2) is 0 Å². The van der Waals surface area contributed by atoms with Gasteiger partial charge in [0.2, 0.25) is 0 Å². The fourth-order valence-corrected chi connectivity index (χ4v) is 3.14. The average molecular weight is 257 g/mol. The van der Waals surface area contributed by atoms with Gasteiger partial charge in [0.05, 0.1) is 17.8 Å². The summed E-state index contributed by atoms with van der Waals surface area (Å²) in [5, 5.41) is 9.61. The lowest BCUT2D eigenvalue weighted by Crippen LogP contribution is -2.48. The summed E-state index contributed by atoms with van der Waals surface area (Å²) in [5.41, 5.74) is 5.77. The summed E-state index contributed by atoms with van der Waals surface area (Å²) in [4.78, 5) is 0. The molecule has 1 aliphatic carbocycles. The lowest BCUT2D eigenvalue weighted by molar-refractivity contribution is -0.142. The lowest BCUT2D eigenvalue weighted by Gasteiger charge is -2.42. The number of hydrogen-bond donors (Lipinski definition) is 2. The average Bonchev–Trinajstić information content (AvgIpc) is 2.28. The van der Waals surface area contributed by atoms with Crippen molar-refractivity contribution in [2.45, 2.75) is 77.6 Å². The second kappa shape index (κ2) is 6.88. The maximum atomic E-state index is 9.61. The van der Waals surface area contributed by atoms with Crippen molar-refractivity contribution in [1.29, 1.82) is 0 Å². The van der Waals surface area contributed by atoms with Crippen LogP contribution < -0.4 is 5.73 Å². The van der Waals surface area contributed by atoms with Gasteiger partial charge in [-0.1, -0.05) is 26.7 Å². The van der Waals surface area contributed by atoms with Crippen LogP contribution in [0.5, 0.6) is 0 Å². The number of ether oxygens (including phenoxy) is 1. The predicted octanol–water partition coefficient (Wildman–Crippen LogP) is 2.71. The molecule has 1 fully saturated rings. The van der Waals surface area contributed by atoms with Crippen molar-refractivity contribution in [3.05, 3.63) is 0 Å². The van der Waals surface area contributed by atoms with Gasteiger partial charge in [-0.2, -0.15) is 0 Å². The van der Waals surface area contributed by atoms with Gasteiger partial charge in [-0.25, -0.2) is 0 Å². The molecule has 0 aromatic heterocycles. The number of aliphatic hydroxyl groups excluding tert-OH is 1. The van der Waals surface area contributed by atoms with Crippen molar-refractivity contribution in [2.24, 2.45) is 17.6 Å². The van der Waals surface area contributed by atoms with Crippen molar-refractivity contribution in [1.82, 2.24) is 0 Å². The molecule has 0 aromatic rings. The van der Waals surface area contributed by atoms with E-state index in [-0.39, 0.29) is 11.7 Å². The van der Waals surface area contributed by atoms with E-state index in [9.17, 15) is 5.11 Å². The van der Waals surface area contributed by atoms with Crippen molar-refractivity contribution in [3.63, 3.8) is 0 Å². The highest BCUT2D eigenvalue weighted by molar-refractivity contribution is 4.90. The fraction of sp³-hybridized carbons (Fsp3) is 1.00. The van der Waals surface area contributed by atoms with Crippen molar-refractivity contribution in [3.8, 4) is 0 Å². The molecule has 0 radical (unpaired) electrons. The van der Waals surface area contributed by atoms with Crippen LogP contribution in [0.1, 0.15) is 59.8 Å². The van der Waals surface area contributed by atoms with Gasteiger partial charge >= 0.3 is 0 Å². The molecule has 1 aliphatic rings. The molecule has 108 valence electrons. The smallest absolute Gasteiger partial charge is 0.0811 e. The van der Waals surface area contributed by atoms with Crippen LogP contribution in [0.2, 0.25) is 0 Å². The summed E-state index contributed by atoms with van der Waals surface area (Å²) in [7, 11) is 0. The van der Waals surface area contributed by atoms with Crippen molar-refractivity contribution < 1.29 is 9.84 Å². The van der Waals surface area contributed by atoms with E-state index in [1.54, 1.807) is 6.92 Å². The Kier molecular flexibility index (Phi) is 6.09. The summed E-state index contributed by atoms with van der Waals surface area (Å²) in [6.45, 7) is 8.84. The Labute approximate surface area is 112 Å². The van der Waals surface area contributed by atoms with Gasteiger partial charge in [0.25, 0.3) is 0 Å². The van der Waals surface area contributed by atoms with E-state index in [0.29, 0.717) is 6.54 Å². The summed E-state index contributed by atoms with van der Waals surface area (Å²) < 4.78 is 6.13. The van der Waals surface area contributed by atoms with E-state index in [2.05, 4.69) is 13.8 Å². The predicted molar refractivity (Wildman–Crippen MR) is 75.4 cm³/mol. The van der Waals surface area contributed by atoms with Crippen LogP contribution in [0, 0.1) is 11.8 Å². The first kappa shape index (κ1) is 15.9. The molecule has 3 heteroatoms. The van der Waals surface area contributed by atoms with Crippen molar-refractivity contribution >= 4 is 0 Å². The van der Waals surface area contributed by atoms with Crippen LogP contribution in [0.3, 0.4) is 0 Å². The third kappa shape index (κ3) is 4.52. The molecule has 4 unspecified atom stereocenters. The van der Waals surface area contributed by atoms with Gasteiger partial charge in [0.15, 0.2) is 0 Å². The Hall–Kier alpha value is -0.120. The van der Waals surface area contributed by atoms with Gasteiger partial charge in [-0.05, 0) is 44.9 Å². The molecule has 4 atom stereocenters. The van der Waals surface area contributed by atoms with Crippen LogP contribution in [-0.4, -0.2) is 29.5 Å². The maximum Gasteiger partial charge on any atom is 0.0811 e.